The number of anilines is 2. The Morgan fingerprint density at radius 3 is 2.80 bits per heavy atom. The lowest BCUT2D eigenvalue weighted by molar-refractivity contribution is 0.410. The third-order valence-corrected chi connectivity index (χ3v) is 3.15. The van der Waals surface area contributed by atoms with Crippen molar-refractivity contribution < 1.29 is 4.74 Å². The second-order valence-electron chi connectivity index (χ2n) is 4.53. The van der Waals surface area contributed by atoms with Gasteiger partial charge in [-0.15, -0.1) is 0 Å². The predicted molar refractivity (Wildman–Crippen MR) is 80.6 cm³/mol. The quantitative estimate of drug-likeness (QED) is 0.835. The van der Waals surface area contributed by atoms with Gasteiger partial charge in [0.05, 0.1) is 18.4 Å². The summed E-state index contributed by atoms with van der Waals surface area (Å²) in [7, 11) is 1.63. The minimum absolute atomic E-state index is 0.549. The van der Waals surface area contributed by atoms with Crippen LogP contribution in [-0.4, -0.2) is 7.11 Å². The average Bonchev–Trinajstić information content (AvgIpc) is 2.46. The Labute approximate surface area is 118 Å². The van der Waals surface area contributed by atoms with Crippen LogP contribution >= 0.6 is 0 Å². The molecular formula is C16H17N3O. The molecule has 0 unspecified atom stereocenters. The van der Waals surface area contributed by atoms with Crippen LogP contribution in [0.1, 0.15) is 16.7 Å². The number of benzene rings is 2. The van der Waals surface area contributed by atoms with E-state index in [1.807, 2.05) is 31.2 Å². The third kappa shape index (κ3) is 2.83. The van der Waals surface area contributed by atoms with Crippen LogP contribution in [0.5, 0.6) is 5.75 Å². The van der Waals surface area contributed by atoms with Crippen molar-refractivity contribution >= 4 is 11.4 Å². The highest BCUT2D eigenvalue weighted by atomic mass is 16.5. The maximum Gasteiger partial charge on any atom is 0.123 e. The van der Waals surface area contributed by atoms with E-state index in [1.54, 1.807) is 19.2 Å². The van der Waals surface area contributed by atoms with Crippen molar-refractivity contribution in [3.63, 3.8) is 0 Å². The van der Waals surface area contributed by atoms with Crippen LogP contribution in [0.15, 0.2) is 36.4 Å². The Hall–Kier alpha value is -2.67. The lowest BCUT2D eigenvalue weighted by Crippen LogP contribution is -2.05. The van der Waals surface area contributed by atoms with Gasteiger partial charge in [-0.25, -0.2) is 0 Å². The zero-order chi connectivity index (χ0) is 14.5. The average molecular weight is 267 g/mol. The van der Waals surface area contributed by atoms with Crippen molar-refractivity contribution in [2.75, 3.05) is 18.2 Å². The standard InChI is InChI=1S/C16H17N3O/c1-11-4-3-5-12(9-17)16(11)19-10-13-8-14(18)6-7-15(13)20-2/h3-8,19H,10,18H2,1-2H3. The second-order valence-corrected chi connectivity index (χ2v) is 4.53. The topological polar surface area (TPSA) is 71.1 Å². The first-order valence-electron chi connectivity index (χ1n) is 6.31. The van der Waals surface area contributed by atoms with Crippen LogP contribution in [0, 0.1) is 18.3 Å². The van der Waals surface area contributed by atoms with Gasteiger partial charge < -0.3 is 15.8 Å². The largest absolute Gasteiger partial charge is 0.496 e. The van der Waals surface area contributed by atoms with Crippen LogP contribution in [-0.2, 0) is 6.54 Å². The molecule has 102 valence electrons. The first-order valence-corrected chi connectivity index (χ1v) is 6.31. The van der Waals surface area contributed by atoms with Crippen LogP contribution < -0.4 is 15.8 Å². The zero-order valence-electron chi connectivity index (χ0n) is 11.6. The number of methoxy groups -OCH3 is 1. The molecule has 0 bridgehead atoms. The lowest BCUT2D eigenvalue weighted by atomic mass is 10.1. The number of ether oxygens (including phenoxy) is 1. The summed E-state index contributed by atoms with van der Waals surface area (Å²) in [6, 6.07) is 13.4. The molecule has 0 saturated heterocycles. The maximum atomic E-state index is 9.15. The summed E-state index contributed by atoms with van der Waals surface area (Å²) in [5, 5.41) is 12.4. The fourth-order valence-electron chi connectivity index (χ4n) is 2.12. The van der Waals surface area contributed by atoms with Crippen molar-refractivity contribution in [3.05, 3.63) is 53.1 Å². The molecule has 0 aromatic heterocycles. The number of aryl methyl sites for hydroxylation is 1. The molecule has 20 heavy (non-hydrogen) atoms. The van der Waals surface area contributed by atoms with E-state index < -0.39 is 0 Å². The van der Waals surface area contributed by atoms with Crippen molar-refractivity contribution in [2.24, 2.45) is 0 Å². The highest BCUT2D eigenvalue weighted by molar-refractivity contribution is 5.62. The number of nitrogens with zero attached hydrogens (tertiary/aromatic N) is 1. The fraction of sp³-hybridized carbons (Fsp3) is 0.188. The third-order valence-electron chi connectivity index (χ3n) is 3.15. The zero-order valence-corrected chi connectivity index (χ0v) is 11.6. The van der Waals surface area contributed by atoms with E-state index in [0.29, 0.717) is 17.8 Å². The monoisotopic (exact) mass is 267 g/mol. The number of nitriles is 1. The Kier molecular flexibility index (Phi) is 4.11. The van der Waals surface area contributed by atoms with Crippen molar-refractivity contribution in [1.82, 2.24) is 0 Å². The number of para-hydroxylation sites is 1. The predicted octanol–water partition coefficient (Wildman–Crippen LogP) is 3.07. The van der Waals surface area contributed by atoms with E-state index in [0.717, 1.165) is 22.6 Å². The second kappa shape index (κ2) is 5.98. The Balaban J connectivity index is 2.26. The van der Waals surface area contributed by atoms with Crippen LogP contribution in [0.25, 0.3) is 0 Å². The Bertz CT molecular complexity index is 659. The van der Waals surface area contributed by atoms with Gasteiger partial charge in [-0.1, -0.05) is 12.1 Å². The summed E-state index contributed by atoms with van der Waals surface area (Å²) < 4.78 is 5.31. The summed E-state index contributed by atoms with van der Waals surface area (Å²) >= 11 is 0. The van der Waals surface area contributed by atoms with Crippen molar-refractivity contribution in [2.45, 2.75) is 13.5 Å². The lowest BCUT2D eigenvalue weighted by Gasteiger charge is -2.14. The van der Waals surface area contributed by atoms with Gasteiger partial charge >= 0.3 is 0 Å². The Morgan fingerprint density at radius 2 is 2.10 bits per heavy atom. The molecule has 0 aliphatic carbocycles. The number of nitrogens with one attached hydrogen (secondary N) is 1. The molecule has 0 spiro atoms. The van der Waals surface area contributed by atoms with Gasteiger partial charge in [0.25, 0.3) is 0 Å². The molecule has 3 N–H and O–H groups in total. The van der Waals surface area contributed by atoms with E-state index in [9.17, 15) is 0 Å². The number of hydrogen-bond acceptors (Lipinski definition) is 4. The van der Waals surface area contributed by atoms with E-state index >= 15 is 0 Å². The smallest absolute Gasteiger partial charge is 0.123 e. The van der Waals surface area contributed by atoms with Crippen molar-refractivity contribution in [3.8, 4) is 11.8 Å². The molecule has 0 fully saturated rings. The molecule has 0 saturated carbocycles. The number of hydrogen-bond donors (Lipinski definition) is 2. The molecule has 2 rings (SSSR count). The van der Waals surface area contributed by atoms with Crippen LogP contribution in [0.4, 0.5) is 11.4 Å². The van der Waals surface area contributed by atoms with E-state index in [1.165, 1.54) is 0 Å². The molecule has 0 atom stereocenters. The number of nitrogen functional groups attached to an aromatic ring is 1. The van der Waals surface area contributed by atoms with Gasteiger partial charge in [-0.05, 0) is 36.8 Å². The van der Waals surface area contributed by atoms with E-state index in [-0.39, 0.29) is 0 Å². The minimum Gasteiger partial charge on any atom is -0.496 e. The molecule has 0 aliphatic heterocycles. The van der Waals surface area contributed by atoms with Crippen LogP contribution in [0.3, 0.4) is 0 Å². The molecule has 4 heteroatoms. The normalized spacial score (nSPS) is 9.85. The molecule has 0 amide bonds. The van der Waals surface area contributed by atoms with E-state index in [4.69, 9.17) is 15.7 Å². The molecule has 0 heterocycles. The van der Waals surface area contributed by atoms with Gasteiger partial charge in [-0.2, -0.15) is 5.26 Å². The van der Waals surface area contributed by atoms with Gasteiger partial charge in [0, 0.05) is 17.8 Å². The Morgan fingerprint density at radius 1 is 1.30 bits per heavy atom. The van der Waals surface area contributed by atoms with Crippen LogP contribution in [0.2, 0.25) is 0 Å². The van der Waals surface area contributed by atoms with Gasteiger partial charge in [0.2, 0.25) is 0 Å². The fourth-order valence-corrected chi connectivity index (χ4v) is 2.12. The SMILES string of the molecule is COc1ccc(N)cc1CNc1c(C)cccc1C#N. The first-order chi connectivity index (χ1) is 9.65. The highest BCUT2D eigenvalue weighted by Crippen LogP contribution is 2.25. The molecule has 0 radical (unpaired) electrons. The summed E-state index contributed by atoms with van der Waals surface area (Å²) in [5.41, 5.74) is 9.96. The summed E-state index contributed by atoms with van der Waals surface area (Å²) in [6.45, 7) is 2.52. The van der Waals surface area contributed by atoms with E-state index in [2.05, 4.69) is 11.4 Å². The molecule has 4 nitrogen and oxygen atoms in total. The molecule has 2 aromatic rings. The van der Waals surface area contributed by atoms with Gasteiger partial charge in [0.1, 0.15) is 11.8 Å². The highest BCUT2D eigenvalue weighted by Gasteiger charge is 2.07. The van der Waals surface area contributed by atoms with Crippen molar-refractivity contribution in [1.29, 1.82) is 5.26 Å². The first kappa shape index (κ1) is 13.8. The summed E-state index contributed by atoms with van der Waals surface area (Å²) in [4.78, 5) is 0. The number of nitrogens with two attached hydrogens (primary N) is 1. The minimum atomic E-state index is 0.549. The molecule has 0 aliphatic rings. The molecular weight excluding hydrogens is 250 g/mol. The van der Waals surface area contributed by atoms with Gasteiger partial charge in [0.15, 0.2) is 0 Å². The summed E-state index contributed by atoms with van der Waals surface area (Å²) in [5.74, 6) is 0.777. The number of rotatable bonds is 4. The molecule has 2 aromatic carbocycles. The maximum absolute atomic E-state index is 9.15. The summed E-state index contributed by atoms with van der Waals surface area (Å²) in [6.07, 6.45) is 0. The van der Waals surface area contributed by atoms with Gasteiger partial charge in [-0.3, -0.25) is 0 Å².